The lowest BCUT2D eigenvalue weighted by Gasteiger charge is -2.44. The van der Waals surface area contributed by atoms with Gasteiger partial charge in [0.2, 0.25) is 18.3 Å². The third kappa shape index (κ3) is 18.9. The first-order valence-electron chi connectivity index (χ1n) is 23.4. The number of methoxy groups -OCH3 is 1. The van der Waals surface area contributed by atoms with Gasteiger partial charge < -0.3 is 63.3 Å². The molecule has 0 spiro atoms. The number of carbonyl (C=O) groups excluding carboxylic acids is 8. The van der Waals surface area contributed by atoms with E-state index in [2.05, 4.69) is 10.6 Å². The van der Waals surface area contributed by atoms with E-state index in [-0.39, 0.29) is 35.9 Å². The number of carboxylic acid groups (broad SMARTS) is 1. The van der Waals surface area contributed by atoms with Crippen LogP contribution in [0.1, 0.15) is 114 Å². The molecule has 2 rings (SSSR count). The maximum Gasteiger partial charge on any atom is 0.414 e. The summed E-state index contributed by atoms with van der Waals surface area (Å²) in [4.78, 5) is 118. The number of esters is 4. The van der Waals surface area contributed by atoms with E-state index >= 15 is 0 Å². The summed E-state index contributed by atoms with van der Waals surface area (Å²) >= 11 is 0. The number of hydrogen-bond acceptors (Lipinski definition) is 18. The van der Waals surface area contributed by atoms with E-state index in [9.17, 15) is 48.3 Å². The van der Waals surface area contributed by atoms with Crippen molar-refractivity contribution in [2.24, 2.45) is 11.8 Å². The van der Waals surface area contributed by atoms with Crippen molar-refractivity contribution in [2.75, 3.05) is 27.8 Å². The highest BCUT2D eigenvalue weighted by Crippen LogP contribution is 2.33. The van der Waals surface area contributed by atoms with Crippen LogP contribution in [0.2, 0.25) is 0 Å². The zero-order valence-electron chi connectivity index (χ0n) is 44.2. The van der Waals surface area contributed by atoms with Gasteiger partial charge in [-0.15, -0.1) is 0 Å². The van der Waals surface area contributed by atoms with Crippen LogP contribution in [-0.2, 0) is 84.6 Å². The summed E-state index contributed by atoms with van der Waals surface area (Å²) in [5.74, 6) is -6.25. The fraction of sp³-hybridized carbons (Fsp3) is 0.653. The number of hydrogen-bond donors (Lipinski definition) is 3. The van der Waals surface area contributed by atoms with Crippen molar-refractivity contribution in [3.05, 3.63) is 40.6 Å². The van der Waals surface area contributed by atoms with Gasteiger partial charge in [0.05, 0.1) is 18.6 Å². The molecule has 0 bridgehead atoms. The Morgan fingerprint density at radius 3 is 1.90 bits per heavy atom. The van der Waals surface area contributed by atoms with Crippen molar-refractivity contribution in [3.8, 4) is 5.75 Å². The summed E-state index contributed by atoms with van der Waals surface area (Å²) in [6.07, 6.45) is -9.92. The Hall–Kier alpha value is -6.49. The molecule has 1 aromatic carbocycles. The number of nitrogens with one attached hydrogen (secondary N) is 2. The average molecular weight is 1020 g/mol. The van der Waals surface area contributed by atoms with E-state index in [1.54, 1.807) is 48.5 Å². The highest BCUT2D eigenvalue weighted by molar-refractivity contribution is 5.99. The molecule has 4 amide bonds. The van der Waals surface area contributed by atoms with Crippen LogP contribution in [0, 0.1) is 11.8 Å². The lowest BCUT2D eigenvalue weighted by Crippen LogP contribution is -2.63. The third-order valence-corrected chi connectivity index (χ3v) is 11.1. The topological polar surface area (TPSA) is 287 Å². The summed E-state index contributed by atoms with van der Waals surface area (Å²) in [7, 11) is 4.23. The maximum absolute atomic E-state index is 14.1. The number of rotatable bonds is 23. The Kier molecular flexibility index (Phi) is 23.9. The zero-order valence-corrected chi connectivity index (χ0v) is 44.2. The van der Waals surface area contributed by atoms with Gasteiger partial charge in [-0.1, -0.05) is 40.2 Å². The number of carbonyl (C=O) groups is 9. The van der Waals surface area contributed by atoms with Gasteiger partial charge in [0, 0.05) is 61.0 Å². The smallest absolute Gasteiger partial charge is 0.414 e. The quantitative estimate of drug-likeness (QED) is 0.0770. The van der Waals surface area contributed by atoms with E-state index in [0.29, 0.717) is 17.6 Å². The Morgan fingerprint density at radius 1 is 0.819 bits per heavy atom. The molecule has 1 heterocycles. The van der Waals surface area contributed by atoms with Crippen LogP contribution < -0.4 is 15.4 Å². The number of ether oxygens (including phenoxy) is 9. The lowest BCUT2D eigenvalue weighted by molar-refractivity contribution is -0.288. The number of aliphatic carboxylic acids is 1. The van der Waals surface area contributed by atoms with Gasteiger partial charge in [0.15, 0.2) is 12.2 Å². The molecule has 0 aromatic heterocycles. The average Bonchev–Trinajstić information content (AvgIpc) is 3.26. The monoisotopic (exact) mass is 1020 g/mol. The molecular weight excluding hydrogens is 949 g/mol. The fourth-order valence-electron chi connectivity index (χ4n) is 7.76. The van der Waals surface area contributed by atoms with E-state index in [1.165, 1.54) is 44.3 Å². The lowest BCUT2D eigenvalue weighted by atomic mass is 9.90. The summed E-state index contributed by atoms with van der Waals surface area (Å²) in [6.45, 7) is 18.6. The van der Waals surface area contributed by atoms with E-state index in [4.69, 9.17) is 42.6 Å². The van der Waals surface area contributed by atoms with Crippen LogP contribution in [0.3, 0.4) is 0 Å². The maximum atomic E-state index is 14.1. The van der Waals surface area contributed by atoms with Gasteiger partial charge in [0.1, 0.15) is 42.4 Å². The molecule has 404 valence electrons. The number of allylic oxidation sites excluding steroid dienone is 1. The molecule has 1 aliphatic heterocycles. The normalized spacial score (nSPS) is 19.2. The molecule has 1 aliphatic rings. The largest absolute Gasteiger partial charge is 0.481 e. The molecule has 0 unspecified atom stereocenters. The number of amides is 4. The summed E-state index contributed by atoms with van der Waals surface area (Å²) in [6, 6.07) is 2.67. The van der Waals surface area contributed by atoms with Gasteiger partial charge in [-0.05, 0) is 69.7 Å². The number of nitrogens with zero attached hydrogens (tertiary/aromatic N) is 2. The molecule has 72 heavy (non-hydrogen) atoms. The predicted molar refractivity (Wildman–Crippen MR) is 254 cm³/mol. The van der Waals surface area contributed by atoms with Crippen LogP contribution in [0.4, 0.5) is 9.59 Å². The standard InChI is InChI=1S/C49H74N4O19/c1-17-27(6)40(35(64-16)21-37(58)59)52(14)45(61)38(25(2)3)51-44(60)39(26(4)5)53(15)48(63)66-23-32-18-19-34(33(20-32)22-50-47(62)72-49(11,12)13)70-46-43(69-31(10)57)42(68-30(9)56)41(67-29(8)55)36(71-46)24-65-28(7)54/h18-20,25,27,35-36,38,40-43,46H,17,21-24H2,1-16H3,(H,50,62)(H,51,60)(H,58,59)/t27-,35+,36+,38-,40-,41-,42-,43+,46+/m0/s1. The Labute approximate surface area is 420 Å². The molecule has 1 aromatic rings. The molecule has 0 saturated carbocycles. The van der Waals surface area contributed by atoms with Crippen molar-refractivity contribution in [1.29, 1.82) is 0 Å². The van der Waals surface area contributed by atoms with E-state index in [1.807, 2.05) is 13.8 Å². The first-order chi connectivity index (χ1) is 33.4. The zero-order chi connectivity index (χ0) is 54.9. The Morgan fingerprint density at radius 2 is 1.40 bits per heavy atom. The van der Waals surface area contributed by atoms with Crippen LogP contribution in [0.25, 0.3) is 0 Å². The van der Waals surface area contributed by atoms with Crippen molar-refractivity contribution < 1.29 is 90.9 Å². The molecule has 9 atom stereocenters. The number of likely N-dealkylation sites (N-methyl/N-ethyl adjacent to an activating group) is 2. The van der Waals surface area contributed by atoms with E-state index < -0.39 is 127 Å². The first-order valence-corrected chi connectivity index (χ1v) is 23.4. The summed E-state index contributed by atoms with van der Waals surface area (Å²) < 4.78 is 50.7. The Bertz CT molecular complexity index is 2130. The molecule has 23 heteroatoms. The van der Waals surface area contributed by atoms with Crippen molar-refractivity contribution in [2.45, 2.75) is 170 Å². The van der Waals surface area contributed by atoms with E-state index in [0.717, 1.165) is 32.6 Å². The second kappa shape index (κ2) is 27.9. The molecule has 0 aliphatic carbocycles. The van der Waals surface area contributed by atoms with Crippen LogP contribution in [0.15, 0.2) is 29.5 Å². The van der Waals surface area contributed by atoms with Gasteiger partial charge in [-0.25, -0.2) is 9.59 Å². The molecule has 0 radical (unpaired) electrons. The number of carboxylic acids is 1. The second-order valence-corrected chi connectivity index (χ2v) is 18.8. The van der Waals surface area contributed by atoms with Crippen molar-refractivity contribution in [3.63, 3.8) is 0 Å². The SMILES string of the molecule is CC[C@H](C)[C@@H]([C@@H](CC(=O)O)OC)N(C)C(=O)[C@@H](NC(=O)C(=C(C)C)N(C)C(=O)OCc1ccc(O[C@@H]2O[C@H](COC(C)=O)[C@H](OC(C)=O)[C@H](OC(C)=O)[C@H]2OC(C)=O)c(CNC(=O)OC(C)(C)C)c1)C(C)C. The van der Waals surface area contributed by atoms with Crippen LogP contribution in [-0.4, -0.2) is 151 Å². The molecule has 23 nitrogen and oxygen atoms in total. The summed E-state index contributed by atoms with van der Waals surface area (Å²) in [5.41, 5.74) is -0.0272. The van der Waals surface area contributed by atoms with Crippen LogP contribution in [0.5, 0.6) is 5.75 Å². The molecule has 1 fully saturated rings. The minimum Gasteiger partial charge on any atom is -0.481 e. The first kappa shape index (κ1) is 61.6. The van der Waals surface area contributed by atoms with Gasteiger partial charge in [0.25, 0.3) is 5.91 Å². The molecule has 3 N–H and O–H groups in total. The van der Waals surface area contributed by atoms with Crippen molar-refractivity contribution >= 4 is 53.8 Å². The second-order valence-electron chi connectivity index (χ2n) is 18.8. The third-order valence-electron chi connectivity index (χ3n) is 11.1. The molecular formula is C49H74N4O19. The highest BCUT2D eigenvalue weighted by Gasteiger charge is 2.53. The summed E-state index contributed by atoms with van der Waals surface area (Å²) in [5, 5.41) is 15.0. The number of benzene rings is 1. The predicted octanol–water partition coefficient (Wildman–Crippen LogP) is 4.54. The van der Waals surface area contributed by atoms with Gasteiger partial charge in [-0.2, -0.15) is 0 Å². The van der Waals surface area contributed by atoms with Crippen LogP contribution >= 0.6 is 0 Å². The highest BCUT2D eigenvalue weighted by atomic mass is 16.7. The van der Waals surface area contributed by atoms with Gasteiger partial charge in [-0.3, -0.25) is 38.5 Å². The number of alkyl carbamates (subject to hydrolysis) is 1. The van der Waals surface area contributed by atoms with Gasteiger partial charge >= 0.3 is 42.0 Å². The fourth-order valence-corrected chi connectivity index (χ4v) is 7.76. The molecule has 1 saturated heterocycles. The Balaban J connectivity index is 2.54. The van der Waals surface area contributed by atoms with Crippen molar-refractivity contribution in [1.82, 2.24) is 20.4 Å². The minimum atomic E-state index is -1.64. The minimum absolute atomic E-state index is 0.00218.